The zero-order valence-corrected chi connectivity index (χ0v) is 7.64. The van der Waals surface area contributed by atoms with Crippen LogP contribution in [0.2, 0.25) is 0 Å². The van der Waals surface area contributed by atoms with Crippen LogP contribution in [0.4, 0.5) is 13.2 Å². The molecule has 0 aromatic carbocycles. The summed E-state index contributed by atoms with van der Waals surface area (Å²) in [6.07, 6.45) is -3.82. The van der Waals surface area contributed by atoms with Gasteiger partial charge >= 0.3 is 6.18 Å². The molecule has 0 bridgehead atoms. The Hall–Kier alpha value is -0.250. The van der Waals surface area contributed by atoms with E-state index in [0.717, 1.165) is 12.8 Å². The van der Waals surface area contributed by atoms with Gasteiger partial charge < -0.3 is 5.11 Å². The van der Waals surface area contributed by atoms with E-state index >= 15 is 0 Å². The summed E-state index contributed by atoms with van der Waals surface area (Å²) in [5.74, 6) is 0.491. The largest absolute Gasteiger partial charge is 0.393 e. The van der Waals surface area contributed by atoms with Crippen LogP contribution in [0.1, 0.15) is 32.6 Å². The molecule has 4 heteroatoms. The van der Waals surface area contributed by atoms with Gasteiger partial charge in [0, 0.05) is 6.42 Å². The molecule has 2 unspecified atom stereocenters. The maximum Gasteiger partial charge on any atom is 0.389 e. The third-order valence-electron chi connectivity index (χ3n) is 2.70. The highest BCUT2D eigenvalue weighted by Gasteiger charge is 2.35. The zero-order chi connectivity index (χ0) is 10.1. The lowest BCUT2D eigenvalue weighted by Crippen LogP contribution is -2.22. The zero-order valence-electron chi connectivity index (χ0n) is 7.64. The third kappa shape index (κ3) is 3.98. The van der Waals surface area contributed by atoms with E-state index in [9.17, 15) is 18.3 Å². The quantitative estimate of drug-likeness (QED) is 0.733. The Kier molecular flexibility index (Phi) is 3.22. The van der Waals surface area contributed by atoms with E-state index in [4.69, 9.17) is 0 Å². The van der Waals surface area contributed by atoms with Gasteiger partial charge in [-0.05, 0) is 31.1 Å². The lowest BCUT2D eigenvalue weighted by Gasteiger charge is -2.18. The lowest BCUT2D eigenvalue weighted by atomic mass is 9.96. The molecular weight excluding hydrogens is 181 g/mol. The first-order valence-electron chi connectivity index (χ1n) is 4.65. The van der Waals surface area contributed by atoms with Crippen LogP contribution in [0, 0.1) is 11.8 Å². The van der Waals surface area contributed by atoms with Gasteiger partial charge in [0.15, 0.2) is 0 Å². The molecule has 1 fully saturated rings. The van der Waals surface area contributed by atoms with Gasteiger partial charge in [0.25, 0.3) is 0 Å². The van der Waals surface area contributed by atoms with Crippen molar-refractivity contribution in [3.05, 3.63) is 0 Å². The van der Waals surface area contributed by atoms with E-state index in [1.807, 2.05) is 6.92 Å². The molecule has 1 nitrogen and oxygen atoms in total. The van der Waals surface area contributed by atoms with Gasteiger partial charge in [0.2, 0.25) is 0 Å². The minimum absolute atomic E-state index is 0.0300. The highest BCUT2D eigenvalue weighted by molar-refractivity contribution is 4.83. The van der Waals surface area contributed by atoms with Crippen LogP contribution in [-0.2, 0) is 0 Å². The monoisotopic (exact) mass is 196 g/mol. The molecule has 1 aliphatic carbocycles. The Morgan fingerprint density at radius 3 is 2.31 bits per heavy atom. The minimum atomic E-state index is -4.13. The summed E-state index contributed by atoms with van der Waals surface area (Å²) in [4.78, 5) is 0. The molecule has 0 heterocycles. The average molecular weight is 196 g/mol. The van der Waals surface area contributed by atoms with Crippen LogP contribution in [-0.4, -0.2) is 17.4 Å². The van der Waals surface area contributed by atoms with Crippen molar-refractivity contribution in [2.75, 3.05) is 0 Å². The second-order valence-corrected chi connectivity index (χ2v) is 3.92. The van der Waals surface area contributed by atoms with Crippen molar-refractivity contribution in [3.8, 4) is 0 Å². The molecule has 0 amide bonds. The highest BCUT2D eigenvalue weighted by Crippen LogP contribution is 2.39. The first kappa shape index (κ1) is 10.8. The summed E-state index contributed by atoms with van der Waals surface area (Å²) < 4.78 is 35.4. The molecule has 0 spiro atoms. The van der Waals surface area contributed by atoms with Crippen molar-refractivity contribution in [1.29, 1.82) is 0 Å². The summed E-state index contributed by atoms with van der Waals surface area (Å²) in [6, 6.07) is 0. The molecule has 2 atom stereocenters. The maximum atomic E-state index is 11.8. The molecule has 1 rings (SSSR count). The SMILES string of the molecule is CC(C(O)CCC(F)(F)F)C1CC1. The van der Waals surface area contributed by atoms with Crippen LogP contribution in [0.15, 0.2) is 0 Å². The van der Waals surface area contributed by atoms with Crippen molar-refractivity contribution in [2.24, 2.45) is 11.8 Å². The Morgan fingerprint density at radius 1 is 1.38 bits per heavy atom. The van der Waals surface area contributed by atoms with Crippen LogP contribution in [0.5, 0.6) is 0 Å². The molecule has 0 saturated heterocycles. The Morgan fingerprint density at radius 2 is 1.92 bits per heavy atom. The summed E-state index contributed by atoms with van der Waals surface area (Å²) in [5.41, 5.74) is 0. The third-order valence-corrected chi connectivity index (χ3v) is 2.70. The molecular formula is C9H15F3O. The highest BCUT2D eigenvalue weighted by atomic mass is 19.4. The van der Waals surface area contributed by atoms with Crippen molar-refractivity contribution >= 4 is 0 Å². The predicted octanol–water partition coefficient (Wildman–Crippen LogP) is 2.74. The maximum absolute atomic E-state index is 11.8. The van der Waals surface area contributed by atoms with Crippen LogP contribution < -0.4 is 0 Å². The van der Waals surface area contributed by atoms with Gasteiger partial charge in [-0.1, -0.05) is 6.92 Å². The number of aliphatic hydroxyl groups excluding tert-OH is 1. The first-order valence-corrected chi connectivity index (χ1v) is 4.65. The standard InChI is InChI=1S/C9H15F3O/c1-6(7-2-3-7)8(13)4-5-9(10,11)12/h6-8,13H,2-5H2,1H3. The second kappa shape index (κ2) is 3.86. The van der Waals surface area contributed by atoms with Crippen LogP contribution in [0.25, 0.3) is 0 Å². The molecule has 1 saturated carbocycles. The summed E-state index contributed by atoms with van der Waals surface area (Å²) in [6.45, 7) is 1.83. The molecule has 1 aliphatic rings. The van der Waals surface area contributed by atoms with E-state index in [2.05, 4.69) is 0 Å². The normalized spacial score (nSPS) is 22.8. The molecule has 0 aliphatic heterocycles. The molecule has 0 radical (unpaired) electrons. The Labute approximate surface area is 75.9 Å². The van der Waals surface area contributed by atoms with Crippen molar-refractivity contribution in [2.45, 2.75) is 44.9 Å². The fraction of sp³-hybridized carbons (Fsp3) is 1.00. The molecule has 1 N–H and O–H groups in total. The number of aliphatic hydroxyl groups is 1. The van der Waals surface area contributed by atoms with Crippen LogP contribution in [0.3, 0.4) is 0 Å². The smallest absolute Gasteiger partial charge is 0.389 e. The summed E-state index contributed by atoms with van der Waals surface area (Å²) >= 11 is 0. The van der Waals surface area contributed by atoms with Gasteiger partial charge in [-0.15, -0.1) is 0 Å². The van der Waals surface area contributed by atoms with E-state index < -0.39 is 18.7 Å². The van der Waals surface area contributed by atoms with Crippen molar-refractivity contribution in [1.82, 2.24) is 0 Å². The molecule has 0 aromatic heterocycles. The van der Waals surface area contributed by atoms with E-state index in [1.54, 1.807) is 0 Å². The summed E-state index contributed by atoms with van der Waals surface area (Å²) in [7, 11) is 0. The number of hydrogen-bond donors (Lipinski definition) is 1. The molecule has 13 heavy (non-hydrogen) atoms. The number of hydrogen-bond acceptors (Lipinski definition) is 1. The van der Waals surface area contributed by atoms with Crippen LogP contribution >= 0.6 is 0 Å². The summed E-state index contributed by atoms with van der Waals surface area (Å²) in [5, 5.41) is 9.39. The van der Waals surface area contributed by atoms with Gasteiger partial charge in [-0.3, -0.25) is 0 Å². The predicted molar refractivity (Wildman–Crippen MR) is 43.2 cm³/mol. The topological polar surface area (TPSA) is 20.2 Å². The van der Waals surface area contributed by atoms with Gasteiger partial charge in [-0.25, -0.2) is 0 Å². The van der Waals surface area contributed by atoms with E-state index in [1.165, 1.54) is 0 Å². The minimum Gasteiger partial charge on any atom is -0.393 e. The van der Waals surface area contributed by atoms with E-state index in [0.29, 0.717) is 5.92 Å². The van der Waals surface area contributed by atoms with Crippen molar-refractivity contribution < 1.29 is 18.3 Å². The average Bonchev–Trinajstić information content (AvgIpc) is 2.79. The van der Waals surface area contributed by atoms with Gasteiger partial charge in [0.1, 0.15) is 0 Å². The number of halogens is 3. The van der Waals surface area contributed by atoms with Crippen molar-refractivity contribution in [3.63, 3.8) is 0 Å². The van der Waals surface area contributed by atoms with E-state index in [-0.39, 0.29) is 12.3 Å². The number of alkyl halides is 3. The van der Waals surface area contributed by atoms with Gasteiger partial charge in [-0.2, -0.15) is 13.2 Å². The lowest BCUT2D eigenvalue weighted by molar-refractivity contribution is -0.141. The molecule has 0 aromatic rings. The van der Waals surface area contributed by atoms with Gasteiger partial charge in [0.05, 0.1) is 6.10 Å². The second-order valence-electron chi connectivity index (χ2n) is 3.92. The Balaban J connectivity index is 2.20. The Bertz CT molecular complexity index is 163. The fourth-order valence-corrected chi connectivity index (χ4v) is 1.51. The number of rotatable bonds is 4. The fourth-order valence-electron chi connectivity index (χ4n) is 1.51. The first-order chi connectivity index (χ1) is 5.90. The molecule has 78 valence electrons.